The zero-order valence-corrected chi connectivity index (χ0v) is 17.5. The van der Waals surface area contributed by atoms with Gasteiger partial charge in [0, 0.05) is 35.1 Å². The number of aromatic nitrogens is 2. The fourth-order valence-corrected chi connectivity index (χ4v) is 5.25. The Hall–Kier alpha value is -2.04. The minimum atomic E-state index is 0.103. The van der Waals surface area contributed by atoms with Crippen LogP contribution in [0.15, 0.2) is 36.4 Å². The third kappa shape index (κ3) is 2.91. The molecule has 0 bridgehead atoms. The van der Waals surface area contributed by atoms with Crippen molar-refractivity contribution in [3.8, 4) is 0 Å². The molecule has 0 atom stereocenters. The van der Waals surface area contributed by atoms with E-state index < -0.39 is 0 Å². The maximum atomic E-state index is 13.7. The van der Waals surface area contributed by atoms with Crippen LogP contribution in [0.5, 0.6) is 0 Å². The number of aryl methyl sites for hydroxylation is 2. The second-order valence-electron chi connectivity index (χ2n) is 6.95. The van der Waals surface area contributed by atoms with E-state index in [2.05, 4.69) is 42.0 Å². The number of thiophene rings is 1. The van der Waals surface area contributed by atoms with Crippen molar-refractivity contribution in [3.05, 3.63) is 57.7 Å². The lowest BCUT2D eigenvalue weighted by Gasteiger charge is -2.09. The third-order valence-corrected chi connectivity index (χ3v) is 6.43. The fraction of sp³-hybridized carbons (Fsp3) is 0.318. The Bertz CT molecular complexity index is 1150. The first kappa shape index (κ1) is 18.3. The summed E-state index contributed by atoms with van der Waals surface area (Å²) in [5.41, 5.74) is 3.78. The predicted octanol–water partition coefficient (Wildman–Crippen LogP) is 6.67. The van der Waals surface area contributed by atoms with Crippen molar-refractivity contribution in [1.29, 1.82) is 0 Å². The molecule has 0 fully saturated rings. The first-order valence-electron chi connectivity index (χ1n) is 9.47. The van der Waals surface area contributed by atoms with E-state index in [1.165, 1.54) is 0 Å². The normalized spacial score (nSPS) is 11.7. The van der Waals surface area contributed by atoms with Gasteiger partial charge < -0.3 is 9.13 Å². The highest BCUT2D eigenvalue weighted by molar-refractivity contribution is 7.22. The van der Waals surface area contributed by atoms with Crippen LogP contribution in [0.3, 0.4) is 0 Å². The zero-order chi connectivity index (χ0) is 19.1. The van der Waals surface area contributed by atoms with Gasteiger partial charge in [-0.2, -0.15) is 0 Å². The zero-order valence-electron chi connectivity index (χ0n) is 15.9. The monoisotopic (exact) mass is 398 g/mol. The molecule has 3 nitrogen and oxygen atoms in total. The highest BCUT2D eigenvalue weighted by Gasteiger charge is 2.24. The summed E-state index contributed by atoms with van der Waals surface area (Å²) < 4.78 is 5.17. The molecular weight excluding hydrogens is 376 g/mol. The number of hydrogen-bond acceptors (Lipinski definition) is 2. The van der Waals surface area contributed by atoms with E-state index >= 15 is 0 Å². The van der Waals surface area contributed by atoms with Gasteiger partial charge in [-0.25, -0.2) is 0 Å². The first-order valence-corrected chi connectivity index (χ1v) is 10.7. The molecule has 0 N–H and O–H groups in total. The molecule has 5 heteroatoms. The molecule has 0 radical (unpaired) electrons. The van der Waals surface area contributed by atoms with Crippen molar-refractivity contribution in [1.82, 2.24) is 9.13 Å². The van der Waals surface area contributed by atoms with Gasteiger partial charge in [0.25, 0.3) is 0 Å². The second-order valence-corrected chi connectivity index (χ2v) is 8.61. The Labute approximate surface area is 168 Å². The van der Waals surface area contributed by atoms with Crippen LogP contribution >= 0.6 is 22.9 Å². The number of carbonyl (C=O) groups is 1. The number of benzene rings is 1. The summed E-state index contributed by atoms with van der Waals surface area (Å²) in [6, 6.07) is 12.2. The summed E-state index contributed by atoms with van der Waals surface area (Å²) >= 11 is 7.75. The summed E-state index contributed by atoms with van der Waals surface area (Å²) in [5.74, 6) is 0.103. The molecule has 27 heavy (non-hydrogen) atoms. The summed E-state index contributed by atoms with van der Waals surface area (Å²) in [6.45, 7) is 8.09. The minimum Gasteiger partial charge on any atom is -0.344 e. The standard InChI is InChI=1S/C22H23ClN2OS/c1-4-10-24-14(3)20(16-8-6-7-9-17(16)24)21(26)18-12-15-13-19(23)27-22(15)25(18)11-5-2/h6-9,12-13H,4-5,10-11H2,1-3H3. The molecule has 0 spiro atoms. The molecule has 3 heterocycles. The lowest BCUT2D eigenvalue weighted by Crippen LogP contribution is -2.11. The van der Waals surface area contributed by atoms with Gasteiger partial charge in [0.1, 0.15) is 4.83 Å². The molecule has 0 saturated heterocycles. The van der Waals surface area contributed by atoms with Crippen LogP contribution in [-0.2, 0) is 13.1 Å². The molecule has 3 aromatic heterocycles. The number of ketones is 1. The maximum absolute atomic E-state index is 13.7. The molecule has 0 aliphatic carbocycles. The Morgan fingerprint density at radius 1 is 1.07 bits per heavy atom. The van der Waals surface area contributed by atoms with Crippen molar-refractivity contribution in [2.75, 3.05) is 0 Å². The molecule has 0 aliphatic heterocycles. The van der Waals surface area contributed by atoms with E-state index in [0.29, 0.717) is 0 Å². The Kier molecular flexibility index (Phi) is 4.87. The van der Waals surface area contributed by atoms with Crippen LogP contribution in [0.2, 0.25) is 4.34 Å². The molecule has 1 aromatic carbocycles. The van der Waals surface area contributed by atoms with Crippen molar-refractivity contribution in [2.24, 2.45) is 0 Å². The van der Waals surface area contributed by atoms with Crippen molar-refractivity contribution in [2.45, 2.75) is 46.7 Å². The average molecular weight is 399 g/mol. The minimum absolute atomic E-state index is 0.103. The molecule has 0 unspecified atom stereocenters. The van der Waals surface area contributed by atoms with Gasteiger partial charge in [-0.3, -0.25) is 4.79 Å². The number of nitrogens with zero attached hydrogens (tertiary/aromatic N) is 2. The van der Waals surface area contributed by atoms with Crippen LogP contribution in [-0.4, -0.2) is 14.9 Å². The van der Waals surface area contributed by atoms with Gasteiger partial charge in [-0.05, 0) is 38.0 Å². The van der Waals surface area contributed by atoms with Crippen LogP contribution in [0.4, 0.5) is 0 Å². The second kappa shape index (κ2) is 7.17. The predicted molar refractivity (Wildman–Crippen MR) is 116 cm³/mol. The number of fused-ring (bicyclic) bond motifs is 2. The largest absolute Gasteiger partial charge is 0.344 e. The molecule has 0 amide bonds. The van der Waals surface area contributed by atoms with E-state index in [9.17, 15) is 4.79 Å². The number of halogens is 1. The van der Waals surface area contributed by atoms with E-state index in [0.717, 1.165) is 68.3 Å². The van der Waals surface area contributed by atoms with Crippen LogP contribution in [0.25, 0.3) is 21.1 Å². The maximum Gasteiger partial charge on any atom is 0.211 e. The van der Waals surface area contributed by atoms with Gasteiger partial charge in [0.05, 0.1) is 15.6 Å². The third-order valence-electron chi connectivity index (χ3n) is 5.12. The topological polar surface area (TPSA) is 26.9 Å². The van der Waals surface area contributed by atoms with Crippen molar-refractivity contribution in [3.63, 3.8) is 0 Å². The lowest BCUT2D eigenvalue weighted by atomic mass is 10.0. The Morgan fingerprint density at radius 2 is 1.78 bits per heavy atom. The van der Waals surface area contributed by atoms with Gasteiger partial charge in [-0.1, -0.05) is 43.6 Å². The lowest BCUT2D eigenvalue weighted by molar-refractivity contribution is 0.103. The van der Waals surface area contributed by atoms with Gasteiger partial charge in [-0.15, -0.1) is 11.3 Å². The average Bonchev–Trinajstić information content (AvgIpc) is 3.26. The molecule has 0 aliphatic rings. The summed E-state index contributed by atoms with van der Waals surface area (Å²) in [5, 5.41) is 2.09. The van der Waals surface area contributed by atoms with E-state index in [1.807, 2.05) is 24.3 Å². The highest BCUT2D eigenvalue weighted by atomic mass is 35.5. The fourth-order valence-electron chi connectivity index (χ4n) is 4.00. The van der Waals surface area contributed by atoms with Crippen LogP contribution in [0.1, 0.15) is 48.4 Å². The SMILES string of the molecule is CCCn1c(C)c(C(=O)c2cc3cc(Cl)sc3n2CCC)c2ccccc21. The number of hydrogen-bond donors (Lipinski definition) is 0. The van der Waals surface area contributed by atoms with Gasteiger partial charge in [0.15, 0.2) is 0 Å². The Balaban J connectivity index is 1.94. The first-order chi connectivity index (χ1) is 13.1. The highest BCUT2D eigenvalue weighted by Crippen LogP contribution is 2.35. The molecule has 0 saturated carbocycles. The van der Waals surface area contributed by atoms with Gasteiger partial charge in [0.2, 0.25) is 5.78 Å². The van der Waals surface area contributed by atoms with E-state index in [-0.39, 0.29) is 5.78 Å². The van der Waals surface area contributed by atoms with E-state index in [4.69, 9.17) is 11.6 Å². The quantitative estimate of drug-likeness (QED) is 0.333. The van der Waals surface area contributed by atoms with Crippen molar-refractivity contribution < 1.29 is 4.79 Å². The van der Waals surface area contributed by atoms with Crippen LogP contribution < -0.4 is 0 Å². The number of carbonyl (C=O) groups excluding carboxylic acids is 1. The number of rotatable bonds is 6. The molecule has 4 rings (SSSR count). The molecule has 4 aromatic rings. The van der Waals surface area contributed by atoms with Crippen molar-refractivity contribution >= 4 is 49.8 Å². The summed E-state index contributed by atoms with van der Waals surface area (Å²) in [4.78, 5) is 14.8. The molecule has 140 valence electrons. The number of para-hydroxylation sites is 1. The smallest absolute Gasteiger partial charge is 0.211 e. The van der Waals surface area contributed by atoms with Crippen LogP contribution in [0, 0.1) is 6.92 Å². The van der Waals surface area contributed by atoms with Gasteiger partial charge >= 0.3 is 0 Å². The molecular formula is C22H23ClN2OS. The summed E-state index contributed by atoms with van der Waals surface area (Å²) in [7, 11) is 0. The van der Waals surface area contributed by atoms with E-state index in [1.54, 1.807) is 11.3 Å². The summed E-state index contributed by atoms with van der Waals surface area (Å²) in [6.07, 6.45) is 2.00. The Morgan fingerprint density at radius 3 is 2.52 bits per heavy atom.